The number of carbonyl (C=O) groups excluding carboxylic acids is 1. The molecule has 26 heavy (non-hydrogen) atoms. The van der Waals surface area contributed by atoms with E-state index >= 15 is 0 Å². The number of hydrogen-bond acceptors (Lipinski definition) is 3. The molecule has 2 heterocycles. The van der Waals surface area contributed by atoms with Crippen LogP contribution in [0.15, 0.2) is 30.6 Å². The SMILES string of the molecule is CC(=O)N1CCc2cc(-c3cncc([C@](C)(O)C(F)(F)F)c3)cc(F)c21. The summed E-state index contributed by atoms with van der Waals surface area (Å²) in [6, 6.07) is 3.92. The fourth-order valence-electron chi connectivity index (χ4n) is 3.00. The average Bonchev–Trinajstić information content (AvgIpc) is 2.98. The number of halogens is 4. The summed E-state index contributed by atoms with van der Waals surface area (Å²) in [4.78, 5) is 16.7. The number of benzene rings is 1. The van der Waals surface area contributed by atoms with Gasteiger partial charge in [0, 0.05) is 37.0 Å². The number of carbonyl (C=O) groups is 1. The highest BCUT2D eigenvalue weighted by Gasteiger charge is 2.51. The number of alkyl halides is 3. The van der Waals surface area contributed by atoms with E-state index < -0.39 is 23.2 Å². The highest BCUT2D eigenvalue weighted by Crippen LogP contribution is 2.40. The first-order valence-electron chi connectivity index (χ1n) is 7.88. The van der Waals surface area contributed by atoms with Crippen LogP contribution in [0.3, 0.4) is 0 Å². The number of anilines is 1. The summed E-state index contributed by atoms with van der Waals surface area (Å²) < 4.78 is 53.6. The van der Waals surface area contributed by atoms with Crippen LogP contribution < -0.4 is 4.90 Å². The predicted octanol–water partition coefficient (Wildman–Crippen LogP) is 3.57. The molecule has 0 aliphatic carbocycles. The van der Waals surface area contributed by atoms with Crippen LogP contribution in [0, 0.1) is 5.82 Å². The summed E-state index contributed by atoms with van der Waals surface area (Å²) >= 11 is 0. The van der Waals surface area contributed by atoms with Crippen LogP contribution in [0.1, 0.15) is 25.0 Å². The molecule has 0 spiro atoms. The van der Waals surface area contributed by atoms with E-state index in [9.17, 15) is 27.5 Å². The van der Waals surface area contributed by atoms with Gasteiger partial charge in [-0.05, 0) is 42.7 Å². The van der Waals surface area contributed by atoms with Crippen molar-refractivity contribution in [3.8, 4) is 11.1 Å². The van der Waals surface area contributed by atoms with Crippen LogP contribution in [0.2, 0.25) is 0 Å². The second kappa shape index (κ2) is 6.05. The maximum Gasteiger partial charge on any atom is 0.421 e. The number of rotatable bonds is 2. The zero-order valence-corrected chi connectivity index (χ0v) is 14.1. The summed E-state index contributed by atoms with van der Waals surface area (Å²) in [6.07, 6.45) is -2.20. The highest BCUT2D eigenvalue weighted by atomic mass is 19.4. The molecule has 1 aliphatic heterocycles. The van der Waals surface area contributed by atoms with Crippen molar-refractivity contribution >= 4 is 11.6 Å². The monoisotopic (exact) mass is 368 g/mol. The van der Waals surface area contributed by atoms with E-state index in [1.807, 2.05) is 0 Å². The molecule has 1 aromatic carbocycles. The summed E-state index contributed by atoms with van der Waals surface area (Å²) in [5.74, 6) is -0.904. The van der Waals surface area contributed by atoms with E-state index in [0.29, 0.717) is 31.0 Å². The normalized spacial score (nSPS) is 16.3. The Kier molecular flexibility index (Phi) is 4.26. The minimum absolute atomic E-state index is 0.202. The molecule has 0 radical (unpaired) electrons. The number of fused-ring (bicyclic) bond motifs is 1. The Bertz CT molecular complexity index is 878. The molecular weight excluding hydrogens is 352 g/mol. The standard InChI is InChI=1S/C18H16F4N2O2/c1-10(25)24-4-3-11-5-12(7-15(19)16(11)24)13-6-14(9-23-8-13)17(2,26)18(20,21)22/h5-9,26H,3-4H2,1-2H3/t17-/m0/s1. The molecule has 0 fully saturated rings. The zero-order valence-electron chi connectivity index (χ0n) is 14.1. The Morgan fingerprint density at radius 2 is 1.88 bits per heavy atom. The Morgan fingerprint density at radius 3 is 2.50 bits per heavy atom. The largest absolute Gasteiger partial charge is 0.421 e. The molecule has 2 aromatic rings. The first-order chi connectivity index (χ1) is 12.0. The van der Waals surface area contributed by atoms with Crippen molar-refractivity contribution in [3.05, 3.63) is 47.5 Å². The summed E-state index contributed by atoms with van der Waals surface area (Å²) in [5, 5.41) is 9.82. The number of nitrogens with zero attached hydrogens (tertiary/aromatic N) is 2. The van der Waals surface area contributed by atoms with Gasteiger partial charge in [0.1, 0.15) is 5.82 Å². The third-order valence-electron chi connectivity index (χ3n) is 4.58. The molecule has 3 rings (SSSR count). The smallest absolute Gasteiger partial charge is 0.376 e. The topological polar surface area (TPSA) is 53.4 Å². The van der Waals surface area contributed by atoms with Crippen LogP contribution in [0.5, 0.6) is 0 Å². The fraction of sp³-hybridized carbons (Fsp3) is 0.333. The van der Waals surface area contributed by atoms with Gasteiger partial charge in [0.15, 0.2) is 5.60 Å². The van der Waals surface area contributed by atoms with Crippen molar-refractivity contribution < 1.29 is 27.5 Å². The van der Waals surface area contributed by atoms with Crippen molar-refractivity contribution in [1.82, 2.24) is 4.98 Å². The number of pyridine rings is 1. The molecule has 0 unspecified atom stereocenters. The number of aliphatic hydroxyl groups is 1. The minimum Gasteiger partial charge on any atom is -0.376 e. The van der Waals surface area contributed by atoms with E-state index in [1.165, 1.54) is 18.0 Å². The average molecular weight is 368 g/mol. The molecule has 1 atom stereocenters. The summed E-state index contributed by atoms with van der Waals surface area (Å²) in [6.45, 7) is 2.34. The zero-order chi connectivity index (χ0) is 19.3. The lowest BCUT2D eigenvalue weighted by Gasteiger charge is -2.26. The maximum atomic E-state index is 14.5. The molecule has 4 nitrogen and oxygen atoms in total. The van der Waals surface area contributed by atoms with Gasteiger partial charge >= 0.3 is 6.18 Å². The lowest BCUT2D eigenvalue weighted by molar-refractivity contribution is -0.259. The molecule has 8 heteroatoms. The van der Waals surface area contributed by atoms with E-state index in [2.05, 4.69) is 4.98 Å². The molecule has 0 saturated heterocycles. The van der Waals surface area contributed by atoms with Crippen molar-refractivity contribution in [2.75, 3.05) is 11.4 Å². The quantitative estimate of drug-likeness (QED) is 0.825. The molecule has 1 aliphatic rings. The van der Waals surface area contributed by atoms with E-state index in [-0.39, 0.29) is 17.2 Å². The van der Waals surface area contributed by atoms with Crippen LogP contribution in [-0.4, -0.2) is 28.7 Å². The molecule has 0 bridgehead atoms. The van der Waals surface area contributed by atoms with Gasteiger partial charge in [-0.25, -0.2) is 4.39 Å². The molecule has 0 saturated carbocycles. The Morgan fingerprint density at radius 1 is 1.19 bits per heavy atom. The molecule has 138 valence electrons. The predicted molar refractivity (Wildman–Crippen MR) is 87.0 cm³/mol. The van der Waals surface area contributed by atoms with Gasteiger partial charge in [-0.1, -0.05) is 0 Å². The molecule has 1 amide bonds. The van der Waals surface area contributed by atoms with Crippen LogP contribution >= 0.6 is 0 Å². The van der Waals surface area contributed by atoms with Crippen molar-refractivity contribution in [1.29, 1.82) is 0 Å². The van der Waals surface area contributed by atoms with Crippen molar-refractivity contribution in [3.63, 3.8) is 0 Å². The second-order valence-corrected chi connectivity index (χ2v) is 6.42. The lowest BCUT2D eigenvalue weighted by Crippen LogP contribution is -2.39. The Labute approximate surface area is 147 Å². The maximum absolute atomic E-state index is 14.5. The van der Waals surface area contributed by atoms with Crippen molar-refractivity contribution in [2.45, 2.75) is 32.0 Å². The van der Waals surface area contributed by atoms with E-state index in [1.54, 1.807) is 6.07 Å². The van der Waals surface area contributed by atoms with Gasteiger partial charge in [0.25, 0.3) is 0 Å². The third kappa shape index (κ3) is 2.94. The third-order valence-corrected chi connectivity index (χ3v) is 4.58. The fourth-order valence-corrected chi connectivity index (χ4v) is 3.00. The van der Waals surface area contributed by atoms with Gasteiger partial charge in [-0.3, -0.25) is 9.78 Å². The second-order valence-electron chi connectivity index (χ2n) is 6.42. The van der Waals surface area contributed by atoms with E-state index in [4.69, 9.17) is 0 Å². The van der Waals surface area contributed by atoms with Gasteiger partial charge in [0.2, 0.25) is 5.91 Å². The lowest BCUT2D eigenvalue weighted by atomic mass is 9.94. The molecule has 1 aromatic heterocycles. The van der Waals surface area contributed by atoms with Gasteiger partial charge < -0.3 is 10.0 Å². The number of hydrogen-bond donors (Lipinski definition) is 1. The first kappa shape index (κ1) is 18.3. The molecule has 1 N–H and O–H groups in total. The van der Waals surface area contributed by atoms with Gasteiger partial charge in [-0.15, -0.1) is 0 Å². The van der Waals surface area contributed by atoms with Gasteiger partial charge in [-0.2, -0.15) is 13.2 Å². The van der Waals surface area contributed by atoms with Crippen LogP contribution in [0.4, 0.5) is 23.2 Å². The van der Waals surface area contributed by atoms with Gasteiger partial charge in [0.05, 0.1) is 5.69 Å². The highest BCUT2D eigenvalue weighted by molar-refractivity contribution is 5.94. The summed E-state index contributed by atoms with van der Waals surface area (Å²) in [5.41, 5.74) is -2.13. The van der Waals surface area contributed by atoms with Crippen molar-refractivity contribution in [2.24, 2.45) is 0 Å². The van der Waals surface area contributed by atoms with Crippen LogP contribution in [-0.2, 0) is 16.8 Å². The Balaban J connectivity index is 2.06. The minimum atomic E-state index is -4.88. The first-order valence-corrected chi connectivity index (χ1v) is 7.88. The van der Waals surface area contributed by atoms with E-state index in [0.717, 1.165) is 18.3 Å². The number of aromatic nitrogens is 1. The Hall–Kier alpha value is -2.48. The van der Waals surface area contributed by atoms with Crippen LogP contribution in [0.25, 0.3) is 11.1 Å². The number of amides is 1. The molecular formula is C18H16F4N2O2. The summed E-state index contributed by atoms with van der Waals surface area (Å²) in [7, 11) is 0.